The lowest BCUT2D eigenvalue weighted by Gasteiger charge is -2.08. The summed E-state index contributed by atoms with van der Waals surface area (Å²) in [4.78, 5) is 12.4. The molecular formula is C15H19FN4O. The number of ether oxygens (including phenoxy) is 1. The zero-order chi connectivity index (χ0) is 15.1. The molecule has 1 aromatic heterocycles. The molecule has 1 N–H and O–H groups in total. The molecule has 2 aromatic rings. The third-order valence-corrected chi connectivity index (χ3v) is 2.71. The first kappa shape index (κ1) is 15.3. The molecule has 0 radical (unpaired) electrons. The van der Waals surface area contributed by atoms with Crippen LogP contribution >= 0.6 is 0 Å². The first-order valence-electron chi connectivity index (χ1n) is 6.95. The van der Waals surface area contributed by atoms with Crippen molar-refractivity contribution in [2.24, 2.45) is 0 Å². The van der Waals surface area contributed by atoms with Gasteiger partial charge in [-0.1, -0.05) is 12.1 Å². The molecule has 0 atom stereocenters. The molecule has 0 amide bonds. The van der Waals surface area contributed by atoms with Crippen LogP contribution < -0.4 is 5.32 Å². The predicted octanol–water partition coefficient (Wildman–Crippen LogP) is 2.90. The van der Waals surface area contributed by atoms with Gasteiger partial charge in [-0.2, -0.15) is 4.98 Å². The third kappa shape index (κ3) is 5.07. The maximum atomic E-state index is 13.2. The van der Waals surface area contributed by atoms with Gasteiger partial charge in [-0.15, -0.1) is 0 Å². The number of anilines is 1. The maximum absolute atomic E-state index is 13.2. The molecule has 0 unspecified atom stereocenters. The van der Waals surface area contributed by atoms with Crippen molar-refractivity contribution in [3.8, 4) is 11.4 Å². The zero-order valence-corrected chi connectivity index (χ0v) is 12.2. The minimum Gasteiger partial charge on any atom is -0.379 e. The van der Waals surface area contributed by atoms with E-state index < -0.39 is 0 Å². The van der Waals surface area contributed by atoms with Gasteiger partial charge >= 0.3 is 0 Å². The van der Waals surface area contributed by atoms with Crippen LogP contribution in [-0.4, -0.2) is 34.2 Å². The molecule has 0 fully saturated rings. The monoisotopic (exact) mass is 290 g/mol. The van der Waals surface area contributed by atoms with Crippen LogP contribution in [0.25, 0.3) is 11.4 Å². The Balaban J connectivity index is 1.92. The van der Waals surface area contributed by atoms with Gasteiger partial charge in [0.2, 0.25) is 5.95 Å². The highest BCUT2D eigenvalue weighted by Crippen LogP contribution is 2.15. The van der Waals surface area contributed by atoms with E-state index in [0.29, 0.717) is 30.5 Å². The second-order valence-electron chi connectivity index (χ2n) is 4.84. The van der Waals surface area contributed by atoms with Gasteiger partial charge in [0.25, 0.3) is 0 Å². The Morgan fingerprint density at radius 1 is 1.29 bits per heavy atom. The largest absolute Gasteiger partial charge is 0.379 e. The molecule has 1 heterocycles. The second-order valence-corrected chi connectivity index (χ2v) is 4.84. The number of rotatable bonds is 7. The van der Waals surface area contributed by atoms with Crippen LogP contribution in [0.15, 0.2) is 30.6 Å². The Labute approximate surface area is 123 Å². The molecule has 2 rings (SSSR count). The van der Waals surface area contributed by atoms with E-state index in [1.165, 1.54) is 18.5 Å². The number of nitrogens with zero attached hydrogens (tertiary/aromatic N) is 3. The molecule has 112 valence electrons. The number of hydrogen-bond donors (Lipinski definition) is 1. The molecule has 1 aromatic carbocycles. The molecule has 0 aliphatic rings. The Morgan fingerprint density at radius 2 is 2.14 bits per heavy atom. The van der Waals surface area contributed by atoms with Crippen molar-refractivity contribution >= 4 is 5.95 Å². The quantitative estimate of drug-likeness (QED) is 0.794. The molecular weight excluding hydrogens is 271 g/mol. The van der Waals surface area contributed by atoms with Crippen LogP contribution in [0.1, 0.15) is 20.3 Å². The van der Waals surface area contributed by atoms with Crippen LogP contribution in [0.5, 0.6) is 0 Å². The fourth-order valence-electron chi connectivity index (χ4n) is 1.74. The summed E-state index contributed by atoms with van der Waals surface area (Å²) in [6, 6.07) is 6.18. The van der Waals surface area contributed by atoms with Crippen LogP contribution in [0.4, 0.5) is 10.3 Å². The van der Waals surface area contributed by atoms with Gasteiger partial charge in [-0.05, 0) is 32.4 Å². The maximum Gasteiger partial charge on any atom is 0.226 e. The lowest BCUT2D eigenvalue weighted by atomic mass is 10.2. The van der Waals surface area contributed by atoms with Crippen molar-refractivity contribution in [2.75, 3.05) is 18.5 Å². The lowest BCUT2D eigenvalue weighted by molar-refractivity contribution is 0.0787. The van der Waals surface area contributed by atoms with Crippen molar-refractivity contribution in [1.82, 2.24) is 15.0 Å². The summed E-state index contributed by atoms with van der Waals surface area (Å²) in [5, 5.41) is 3.11. The Hall–Kier alpha value is -2.08. The summed E-state index contributed by atoms with van der Waals surface area (Å²) in [7, 11) is 0. The normalized spacial score (nSPS) is 10.9. The summed E-state index contributed by atoms with van der Waals surface area (Å²) in [6.45, 7) is 5.40. The van der Waals surface area contributed by atoms with Crippen molar-refractivity contribution in [2.45, 2.75) is 26.4 Å². The van der Waals surface area contributed by atoms with E-state index in [4.69, 9.17) is 4.74 Å². The van der Waals surface area contributed by atoms with E-state index in [1.54, 1.807) is 12.1 Å². The molecule has 5 nitrogen and oxygen atoms in total. The molecule has 0 bridgehead atoms. The van der Waals surface area contributed by atoms with Crippen LogP contribution in [-0.2, 0) is 4.74 Å². The molecule has 0 saturated heterocycles. The van der Waals surface area contributed by atoms with E-state index in [-0.39, 0.29) is 11.9 Å². The number of benzene rings is 1. The summed E-state index contributed by atoms with van der Waals surface area (Å²) in [5.74, 6) is 0.618. The Kier molecular flexibility index (Phi) is 5.57. The van der Waals surface area contributed by atoms with Crippen molar-refractivity contribution < 1.29 is 9.13 Å². The van der Waals surface area contributed by atoms with Gasteiger partial charge in [-0.25, -0.2) is 14.4 Å². The summed E-state index contributed by atoms with van der Waals surface area (Å²) in [6.07, 6.45) is 2.51. The highest BCUT2D eigenvalue weighted by atomic mass is 19.1. The van der Waals surface area contributed by atoms with E-state index in [1.807, 2.05) is 13.8 Å². The number of aromatic nitrogens is 3. The van der Waals surface area contributed by atoms with Crippen molar-refractivity contribution in [3.05, 3.63) is 36.4 Å². The van der Waals surface area contributed by atoms with E-state index in [0.717, 1.165) is 6.42 Å². The fourth-order valence-corrected chi connectivity index (χ4v) is 1.74. The third-order valence-electron chi connectivity index (χ3n) is 2.71. The zero-order valence-electron chi connectivity index (χ0n) is 12.2. The smallest absolute Gasteiger partial charge is 0.226 e. The van der Waals surface area contributed by atoms with E-state index >= 15 is 0 Å². The molecule has 21 heavy (non-hydrogen) atoms. The number of hydrogen-bond acceptors (Lipinski definition) is 5. The molecule has 6 heteroatoms. The first-order valence-corrected chi connectivity index (χ1v) is 6.95. The standard InChI is InChI=1S/C15H19FN4O/c1-11(2)21-8-4-7-17-15-19-10-18-14(20-15)12-5-3-6-13(16)9-12/h3,5-6,9-11H,4,7-8H2,1-2H3,(H,17,18,19,20). The van der Waals surface area contributed by atoms with Gasteiger partial charge < -0.3 is 10.1 Å². The molecule has 0 aliphatic heterocycles. The minimum absolute atomic E-state index is 0.238. The number of halogens is 1. The second kappa shape index (κ2) is 7.64. The highest BCUT2D eigenvalue weighted by molar-refractivity contribution is 5.55. The van der Waals surface area contributed by atoms with Crippen LogP contribution in [0.3, 0.4) is 0 Å². The summed E-state index contributed by atoms with van der Waals surface area (Å²) < 4.78 is 18.7. The summed E-state index contributed by atoms with van der Waals surface area (Å²) in [5.41, 5.74) is 0.628. The van der Waals surface area contributed by atoms with Gasteiger partial charge in [-0.3, -0.25) is 0 Å². The fraction of sp³-hybridized carbons (Fsp3) is 0.400. The Morgan fingerprint density at radius 3 is 2.90 bits per heavy atom. The van der Waals surface area contributed by atoms with E-state index in [9.17, 15) is 4.39 Å². The Bertz CT molecular complexity index is 577. The molecule has 0 saturated carbocycles. The molecule has 0 aliphatic carbocycles. The average Bonchev–Trinajstić information content (AvgIpc) is 2.47. The topological polar surface area (TPSA) is 59.9 Å². The minimum atomic E-state index is -0.312. The lowest BCUT2D eigenvalue weighted by Crippen LogP contribution is -2.11. The van der Waals surface area contributed by atoms with Gasteiger partial charge in [0, 0.05) is 18.7 Å². The highest BCUT2D eigenvalue weighted by Gasteiger charge is 2.04. The first-order chi connectivity index (χ1) is 10.1. The van der Waals surface area contributed by atoms with Crippen LogP contribution in [0.2, 0.25) is 0 Å². The van der Waals surface area contributed by atoms with Gasteiger partial charge in [0.05, 0.1) is 6.10 Å². The van der Waals surface area contributed by atoms with E-state index in [2.05, 4.69) is 20.3 Å². The van der Waals surface area contributed by atoms with Crippen LogP contribution in [0, 0.1) is 5.82 Å². The SMILES string of the molecule is CC(C)OCCCNc1ncnc(-c2cccc(F)c2)n1. The van der Waals surface area contributed by atoms with Crippen molar-refractivity contribution in [1.29, 1.82) is 0 Å². The summed E-state index contributed by atoms with van der Waals surface area (Å²) >= 11 is 0. The number of nitrogens with one attached hydrogen (secondary N) is 1. The van der Waals surface area contributed by atoms with Crippen molar-refractivity contribution in [3.63, 3.8) is 0 Å². The average molecular weight is 290 g/mol. The van der Waals surface area contributed by atoms with Gasteiger partial charge in [0.1, 0.15) is 12.1 Å². The van der Waals surface area contributed by atoms with Gasteiger partial charge in [0.15, 0.2) is 5.82 Å². The predicted molar refractivity (Wildman–Crippen MR) is 79.4 cm³/mol. The molecule has 0 spiro atoms.